The lowest BCUT2D eigenvalue weighted by Crippen LogP contribution is -2.58. The van der Waals surface area contributed by atoms with Crippen molar-refractivity contribution in [3.8, 4) is 5.75 Å². The predicted molar refractivity (Wildman–Crippen MR) is 136 cm³/mol. The number of esters is 1. The van der Waals surface area contributed by atoms with Gasteiger partial charge in [0.2, 0.25) is 0 Å². The van der Waals surface area contributed by atoms with Crippen molar-refractivity contribution in [2.75, 3.05) is 19.2 Å². The lowest BCUT2D eigenvalue weighted by Gasteiger charge is -2.42. The molecule has 6 rings (SSSR count). The van der Waals surface area contributed by atoms with Crippen molar-refractivity contribution >= 4 is 23.3 Å². The molecule has 1 spiro atoms. The monoisotopic (exact) mass is 533 g/mol. The normalized spacial score (nSPS) is 21.7. The summed E-state index contributed by atoms with van der Waals surface area (Å²) in [6.45, 7) is 0.269. The Hall–Kier alpha value is -4.44. The molecule has 3 aromatic carbocycles. The molecule has 3 aliphatic heterocycles. The number of alkyl halides is 3. The summed E-state index contributed by atoms with van der Waals surface area (Å²) < 4.78 is 49.9. The first-order valence-corrected chi connectivity index (χ1v) is 12.1. The van der Waals surface area contributed by atoms with Crippen LogP contribution in [0.3, 0.4) is 0 Å². The number of anilines is 1. The van der Waals surface area contributed by atoms with Gasteiger partial charge >= 0.3 is 12.1 Å². The number of halogens is 3. The van der Waals surface area contributed by atoms with Gasteiger partial charge in [0.1, 0.15) is 11.5 Å². The lowest BCUT2D eigenvalue weighted by atomic mass is 9.81. The average molecular weight is 534 g/mol. The summed E-state index contributed by atoms with van der Waals surface area (Å²) in [5.41, 5.74) is 0.898. The van der Waals surface area contributed by atoms with Gasteiger partial charge in [0.05, 0.1) is 37.1 Å². The molecule has 0 aromatic heterocycles. The molecule has 39 heavy (non-hydrogen) atoms. The molecule has 3 aromatic rings. The molecule has 3 aliphatic rings. The summed E-state index contributed by atoms with van der Waals surface area (Å²) in [4.78, 5) is 29.2. The Bertz CT molecular complexity index is 1550. The van der Waals surface area contributed by atoms with Gasteiger partial charge in [-0.1, -0.05) is 36.4 Å². The zero-order valence-corrected chi connectivity index (χ0v) is 20.9. The van der Waals surface area contributed by atoms with Gasteiger partial charge in [0.25, 0.3) is 5.91 Å². The Morgan fingerprint density at radius 1 is 1.00 bits per heavy atom. The molecular formula is C29H22F3N3O4. The molecule has 0 radical (unpaired) electrons. The first kappa shape index (κ1) is 24.9. The van der Waals surface area contributed by atoms with Crippen molar-refractivity contribution in [3.63, 3.8) is 0 Å². The van der Waals surface area contributed by atoms with E-state index in [9.17, 15) is 22.8 Å². The number of hydrazone groups is 1. The Labute approximate surface area is 221 Å². The second-order valence-corrected chi connectivity index (χ2v) is 9.43. The summed E-state index contributed by atoms with van der Waals surface area (Å²) in [5.74, 6) is -0.400. The number of amides is 1. The summed E-state index contributed by atoms with van der Waals surface area (Å²) in [7, 11) is 2.85. The van der Waals surface area contributed by atoms with E-state index in [1.807, 2.05) is 41.3 Å². The van der Waals surface area contributed by atoms with E-state index < -0.39 is 35.2 Å². The second kappa shape index (κ2) is 8.81. The molecule has 2 bridgehead atoms. The van der Waals surface area contributed by atoms with Crippen molar-refractivity contribution < 1.29 is 32.2 Å². The molecule has 3 heterocycles. The number of nitrogens with zero attached hydrogens (tertiary/aromatic N) is 3. The number of benzene rings is 3. The minimum absolute atomic E-state index is 0.183. The van der Waals surface area contributed by atoms with Gasteiger partial charge in [-0.25, -0.2) is 4.79 Å². The molecule has 10 heteroatoms. The van der Waals surface area contributed by atoms with Crippen molar-refractivity contribution in [1.82, 2.24) is 4.90 Å². The number of ether oxygens (including phenoxy) is 2. The number of fused-ring (bicyclic) bond motifs is 4. The van der Waals surface area contributed by atoms with Gasteiger partial charge in [-0.15, -0.1) is 0 Å². The smallest absolute Gasteiger partial charge is 0.416 e. The van der Waals surface area contributed by atoms with Crippen LogP contribution in [0.25, 0.3) is 0 Å². The first-order valence-electron chi connectivity index (χ1n) is 12.1. The van der Waals surface area contributed by atoms with Crippen LogP contribution in [0, 0.1) is 0 Å². The molecule has 0 fully saturated rings. The molecule has 2 atom stereocenters. The van der Waals surface area contributed by atoms with Crippen LogP contribution in [-0.4, -0.2) is 42.2 Å². The highest BCUT2D eigenvalue weighted by Gasteiger charge is 2.64. The molecule has 0 aliphatic carbocycles. The van der Waals surface area contributed by atoms with Crippen LogP contribution in [0.2, 0.25) is 0 Å². The fourth-order valence-electron chi connectivity index (χ4n) is 5.58. The zero-order chi connectivity index (χ0) is 27.5. The van der Waals surface area contributed by atoms with E-state index in [-0.39, 0.29) is 12.2 Å². The Morgan fingerprint density at radius 3 is 2.33 bits per heavy atom. The first-order chi connectivity index (χ1) is 18.7. The van der Waals surface area contributed by atoms with Gasteiger partial charge in [0.15, 0.2) is 5.54 Å². The molecule has 0 N–H and O–H groups in total. The quantitative estimate of drug-likeness (QED) is 0.438. The van der Waals surface area contributed by atoms with E-state index in [0.717, 1.165) is 28.3 Å². The van der Waals surface area contributed by atoms with Crippen LogP contribution in [0.15, 0.2) is 89.5 Å². The minimum atomic E-state index is -4.52. The Balaban J connectivity index is 1.52. The van der Waals surface area contributed by atoms with E-state index in [1.165, 1.54) is 19.2 Å². The predicted octanol–water partition coefficient (Wildman–Crippen LogP) is 4.87. The molecule has 1 amide bonds. The number of methoxy groups -OCH3 is 2. The third-order valence-corrected chi connectivity index (χ3v) is 7.39. The van der Waals surface area contributed by atoms with Crippen molar-refractivity contribution in [1.29, 1.82) is 0 Å². The average Bonchev–Trinajstić information content (AvgIpc) is 3.39. The van der Waals surface area contributed by atoms with E-state index in [2.05, 4.69) is 5.10 Å². The van der Waals surface area contributed by atoms with E-state index in [0.29, 0.717) is 22.6 Å². The van der Waals surface area contributed by atoms with Gasteiger partial charge < -0.3 is 9.47 Å². The summed E-state index contributed by atoms with van der Waals surface area (Å²) in [6.07, 6.45) is -2.92. The highest BCUT2D eigenvalue weighted by molar-refractivity contribution is 6.32. The van der Waals surface area contributed by atoms with Crippen LogP contribution < -0.4 is 9.75 Å². The number of carbonyl (C=O) groups excluding carboxylic acids is 2. The molecular weight excluding hydrogens is 511 g/mol. The molecule has 0 saturated heterocycles. The van der Waals surface area contributed by atoms with Crippen molar-refractivity contribution in [3.05, 3.63) is 107 Å². The Morgan fingerprint density at radius 2 is 1.69 bits per heavy atom. The molecule has 7 nitrogen and oxygen atoms in total. The summed E-state index contributed by atoms with van der Waals surface area (Å²) in [6, 6.07) is 18.4. The highest BCUT2D eigenvalue weighted by Crippen LogP contribution is 2.53. The number of hydrogen-bond donors (Lipinski definition) is 0. The van der Waals surface area contributed by atoms with Crippen LogP contribution in [0.1, 0.15) is 28.3 Å². The summed E-state index contributed by atoms with van der Waals surface area (Å²) >= 11 is 0. The maximum absolute atomic E-state index is 14.3. The van der Waals surface area contributed by atoms with E-state index in [1.54, 1.807) is 25.3 Å². The van der Waals surface area contributed by atoms with Crippen LogP contribution in [0.5, 0.6) is 5.75 Å². The maximum atomic E-state index is 14.3. The van der Waals surface area contributed by atoms with Crippen LogP contribution in [0.4, 0.5) is 18.9 Å². The third kappa shape index (κ3) is 3.66. The van der Waals surface area contributed by atoms with Gasteiger partial charge in [-0.2, -0.15) is 23.3 Å². The second-order valence-electron chi connectivity index (χ2n) is 9.43. The summed E-state index contributed by atoms with van der Waals surface area (Å²) in [5, 5.41) is 5.78. The lowest BCUT2D eigenvalue weighted by molar-refractivity contribution is -0.138. The minimum Gasteiger partial charge on any atom is -0.497 e. The van der Waals surface area contributed by atoms with Crippen LogP contribution in [-0.2, 0) is 27.0 Å². The van der Waals surface area contributed by atoms with Crippen molar-refractivity contribution in [2.45, 2.75) is 24.3 Å². The number of hydrogen-bond acceptors (Lipinski definition) is 6. The molecule has 0 saturated carbocycles. The topological polar surface area (TPSA) is 71.4 Å². The van der Waals surface area contributed by atoms with Crippen LogP contribution >= 0.6 is 0 Å². The molecule has 0 unspecified atom stereocenters. The van der Waals surface area contributed by atoms with E-state index >= 15 is 0 Å². The third-order valence-electron chi connectivity index (χ3n) is 7.39. The largest absolute Gasteiger partial charge is 0.497 e. The van der Waals surface area contributed by atoms with Crippen molar-refractivity contribution in [2.24, 2.45) is 5.10 Å². The van der Waals surface area contributed by atoms with E-state index in [4.69, 9.17) is 9.47 Å². The fraction of sp³-hybridized carbons (Fsp3) is 0.207. The van der Waals surface area contributed by atoms with Gasteiger partial charge in [-0.05, 0) is 53.6 Å². The SMILES string of the molecule is COC(=O)C1=C[C@]23C(=O)N(c4ccc(C(F)(F)F)cc4)N=C2c2ccccc2[C@H]1N3Cc1ccc(OC)cc1. The fourth-order valence-corrected chi connectivity index (χ4v) is 5.58. The van der Waals surface area contributed by atoms with Gasteiger partial charge in [0, 0.05) is 12.1 Å². The standard InChI is InChI=1S/C29H22F3N3O4/c1-38-20-13-7-17(8-14-20)16-34-24-21-5-3-4-6-22(21)25-28(34,15-23(24)26(36)39-2)27(37)35(33-25)19-11-9-18(10-12-19)29(30,31)32/h3-15,24H,16H2,1-2H3/t24-,28-/m1/s1. The maximum Gasteiger partial charge on any atom is 0.416 e. The zero-order valence-electron chi connectivity index (χ0n) is 20.9. The number of carbonyl (C=O) groups is 2. The Kier molecular flexibility index (Phi) is 5.62. The number of rotatable bonds is 5. The molecule has 198 valence electrons. The van der Waals surface area contributed by atoms with Gasteiger partial charge in [-0.3, -0.25) is 9.69 Å². The highest BCUT2D eigenvalue weighted by atomic mass is 19.4.